The molecule has 4 amide bonds. The van der Waals surface area contributed by atoms with Gasteiger partial charge in [-0.05, 0) is 30.5 Å². The van der Waals surface area contributed by atoms with E-state index in [1.54, 1.807) is 12.1 Å². The van der Waals surface area contributed by atoms with Crippen molar-refractivity contribution < 1.29 is 19.1 Å². The third kappa shape index (κ3) is 4.27. The number of barbiturate groups is 1. The van der Waals surface area contributed by atoms with Gasteiger partial charge in [0.25, 0.3) is 11.8 Å². The molecule has 0 atom stereocenters. The van der Waals surface area contributed by atoms with Gasteiger partial charge in [0.1, 0.15) is 17.9 Å². The summed E-state index contributed by atoms with van der Waals surface area (Å²) in [5.41, 5.74) is 1.58. The minimum atomic E-state index is -0.671. The average molecular weight is 404 g/mol. The van der Waals surface area contributed by atoms with Crippen molar-refractivity contribution in [2.24, 2.45) is 0 Å². The van der Waals surface area contributed by atoms with E-state index in [9.17, 15) is 14.4 Å². The Kier molecular flexibility index (Phi) is 5.93. The molecule has 1 saturated heterocycles. The Morgan fingerprint density at radius 1 is 0.933 bits per heavy atom. The Hall–Kier alpha value is -3.41. The summed E-state index contributed by atoms with van der Waals surface area (Å²) in [7, 11) is 0. The summed E-state index contributed by atoms with van der Waals surface area (Å²) in [4.78, 5) is 39.1. The molecule has 1 saturated carbocycles. The molecule has 154 valence electrons. The summed E-state index contributed by atoms with van der Waals surface area (Å²) in [5.74, 6) is -0.640. The van der Waals surface area contributed by atoms with Crippen LogP contribution in [0.1, 0.15) is 43.2 Å². The van der Waals surface area contributed by atoms with Gasteiger partial charge in [-0.15, -0.1) is 0 Å². The maximum absolute atomic E-state index is 13.1. The molecule has 6 nitrogen and oxygen atoms in total. The van der Waals surface area contributed by atoms with Crippen LogP contribution in [0, 0.1) is 0 Å². The van der Waals surface area contributed by atoms with Crippen molar-refractivity contribution in [3.63, 3.8) is 0 Å². The largest absolute Gasteiger partial charge is 0.488 e. The minimum absolute atomic E-state index is 0.0454. The van der Waals surface area contributed by atoms with E-state index in [0.717, 1.165) is 37.7 Å². The van der Waals surface area contributed by atoms with Crippen molar-refractivity contribution >= 4 is 23.9 Å². The van der Waals surface area contributed by atoms with Crippen LogP contribution >= 0.6 is 0 Å². The molecule has 0 aromatic heterocycles. The van der Waals surface area contributed by atoms with Gasteiger partial charge < -0.3 is 4.74 Å². The molecule has 0 bridgehead atoms. The molecule has 2 fully saturated rings. The highest BCUT2D eigenvalue weighted by molar-refractivity contribution is 6.31. The first-order valence-corrected chi connectivity index (χ1v) is 10.3. The van der Waals surface area contributed by atoms with Gasteiger partial charge in [-0.3, -0.25) is 19.8 Å². The molecule has 2 aromatic rings. The van der Waals surface area contributed by atoms with Crippen molar-refractivity contribution in [1.82, 2.24) is 10.2 Å². The quantitative estimate of drug-likeness (QED) is 0.602. The van der Waals surface area contributed by atoms with Gasteiger partial charge in [-0.1, -0.05) is 67.8 Å². The molecule has 0 radical (unpaired) electrons. The number of urea groups is 1. The zero-order chi connectivity index (χ0) is 20.9. The fraction of sp³-hybridized carbons (Fsp3) is 0.292. The highest BCUT2D eigenvalue weighted by Crippen LogP contribution is 2.28. The average Bonchev–Trinajstić information content (AvgIpc) is 2.77. The number of carbonyl (C=O) groups is 3. The summed E-state index contributed by atoms with van der Waals surface area (Å²) in [6.07, 6.45) is 6.12. The zero-order valence-electron chi connectivity index (χ0n) is 16.7. The highest BCUT2D eigenvalue weighted by atomic mass is 16.5. The fourth-order valence-corrected chi connectivity index (χ4v) is 3.96. The van der Waals surface area contributed by atoms with Crippen LogP contribution < -0.4 is 10.1 Å². The number of imide groups is 2. The van der Waals surface area contributed by atoms with Crippen LogP contribution in [-0.4, -0.2) is 28.8 Å². The van der Waals surface area contributed by atoms with Crippen LogP contribution in [0.2, 0.25) is 0 Å². The van der Waals surface area contributed by atoms with Gasteiger partial charge in [0.2, 0.25) is 0 Å². The number of nitrogens with zero attached hydrogens (tertiary/aromatic N) is 1. The lowest BCUT2D eigenvalue weighted by Gasteiger charge is -2.35. The summed E-state index contributed by atoms with van der Waals surface area (Å²) in [5, 5.41) is 2.32. The fourth-order valence-electron chi connectivity index (χ4n) is 3.96. The highest BCUT2D eigenvalue weighted by Gasteiger charge is 2.40. The van der Waals surface area contributed by atoms with Crippen molar-refractivity contribution in [2.75, 3.05) is 0 Å². The molecule has 0 spiro atoms. The molecule has 1 heterocycles. The second kappa shape index (κ2) is 8.95. The van der Waals surface area contributed by atoms with Crippen molar-refractivity contribution in [1.29, 1.82) is 0 Å². The molecule has 1 N–H and O–H groups in total. The van der Waals surface area contributed by atoms with Crippen molar-refractivity contribution in [2.45, 2.75) is 44.8 Å². The van der Waals surface area contributed by atoms with E-state index in [0.29, 0.717) is 17.9 Å². The van der Waals surface area contributed by atoms with Crippen molar-refractivity contribution in [3.8, 4) is 5.75 Å². The van der Waals surface area contributed by atoms with E-state index in [1.165, 1.54) is 11.0 Å². The molecule has 1 aliphatic carbocycles. The number of carbonyl (C=O) groups excluding carboxylic acids is 3. The Morgan fingerprint density at radius 2 is 1.63 bits per heavy atom. The second-order valence-electron chi connectivity index (χ2n) is 7.60. The van der Waals surface area contributed by atoms with E-state index >= 15 is 0 Å². The normalized spacial score (nSPS) is 19.1. The van der Waals surface area contributed by atoms with Crippen LogP contribution in [0.25, 0.3) is 6.08 Å². The third-order valence-corrected chi connectivity index (χ3v) is 5.53. The molecule has 2 aliphatic rings. The van der Waals surface area contributed by atoms with E-state index in [1.807, 2.05) is 42.5 Å². The van der Waals surface area contributed by atoms with Crippen LogP contribution in [0.5, 0.6) is 5.75 Å². The minimum Gasteiger partial charge on any atom is -0.488 e. The first kappa shape index (κ1) is 19.9. The molecular weight excluding hydrogens is 380 g/mol. The first-order valence-electron chi connectivity index (χ1n) is 10.3. The van der Waals surface area contributed by atoms with Crippen LogP contribution in [0.4, 0.5) is 4.79 Å². The number of nitrogens with one attached hydrogen (secondary N) is 1. The number of rotatable bonds is 5. The standard InChI is InChI=1S/C24H24N2O4/c27-22-20(23(28)26(24(29)25-22)19-12-5-2-6-13-19)15-18-11-7-8-14-21(18)30-16-17-9-3-1-4-10-17/h1,3-4,7-11,14-15,19H,2,5-6,12-13,16H2,(H,25,27,29). The maximum Gasteiger partial charge on any atom is 0.331 e. The van der Waals surface area contributed by atoms with Crippen LogP contribution in [-0.2, 0) is 16.2 Å². The SMILES string of the molecule is O=C1NC(=O)N(C2CCCCC2)C(=O)C1=Cc1ccccc1OCc1ccccc1. The van der Waals surface area contributed by atoms with Gasteiger partial charge in [0.15, 0.2) is 0 Å². The topological polar surface area (TPSA) is 75.7 Å². The lowest BCUT2D eigenvalue weighted by molar-refractivity contribution is -0.132. The maximum atomic E-state index is 13.1. The monoisotopic (exact) mass is 404 g/mol. The third-order valence-electron chi connectivity index (χ3n) is 5.53. The smallest absolute Gasteiger partial charge is 0.331 e. The summed E-state index contributed by atoms with van der Waals surface area (Å²) in [6, 6.07) is 16.2. The molecule has 6 heteroatoms. The molecule has 1 aliphatic heterocycles. The number of benzene rings is 2. The van der Waals surface area contributed by atoms with E-state index in [2.05, 4.69) is 5.32 Å². The number of hydrogen-bond donors (Lipinski definition) is 1. The lowest BCUT2D eigenvalue weighted by atomic mass is 9.93. The summed E-state index contributed by atoms with van der Waals surface area (Å²) in [6.45, 7) is 0.369. The van der Waals surface area contributed by atoms with Crippen LogP contribution in [0.15, 0.2) is 60.2 Å². The van der Waals surface area contributed by atoms with Gasteiger partial charge in [-0.2, -0.15) is 0 Å². The van der Waals surface area contributed by atoms with E-state index in [4.69, 9.17) is 4.74 Å². The van der Waals surface area contributed by atoms with Crippen LogP contribution in [0.3, 0.4) is 0 Å². The van der Waals surface area contributed by atoms with Gasteiger partial charge in [0.05, 0.1) is 0 Å². The molecule has 0 unspecified atom stereocenters. The molecular formula is C24H24N2O4. The Morgan fingerprint density at radius 3 is 2.40 bits per heavy atom. The Balaban J connectivity index is 1.59. The second-order valence-corrected chi connectivity index (χ2v) is 7.60. The molecule has 30 heavy (non-hydrogen) atoms. The predicted octanol–water partition coefficient (Wildman–Crippen LogP) is 4.06. The number of hydrogen-bond acceptors (Lipinski definition) is 4. The summed E-state index contributed by atoms with van der Waals surface area (Å²) < 4.78 is 5.93. The first-order chi connectivity index (χ1) is 14.6. The van der Waals surface area contributed by atoms with E-state index in [-0.39, 0.29) is 11.6 Å². The van der Waals surface area contributed by atoms with Gasteiger partial charge in [0, 0.05) is 11.6 Å². The van der Waals surface area contributed by atoms with Crippen molar-refractivity contribution in [3.05, 3.63) is 71.3 Å². The number of para-hydroxylation sites is 1. The Bertz CT molecular complexity index is 978. The predicted molar refractivity (Wildman–Crippen MR) is 112 cm³/mol. The number of ether oxygens (including phenoxy) is 1. The molecule has 2 aromatic carbocycles. The Labute approximate surface area is 175 Å². The number of amides is 4. The molecule has 4 rings (SSSR count). The lowest BCUT2D eigenvalue weighted by Crippen LogP contribution is -2.58. The zero-order valence-corrected chi connectivity index (χ0v) is 16.7. The van der Waals surface area contributed by atoms with E-state index < -0.39 is 17.8 Å². The van der Waals surface area contributed by atoms with Gasteiger partial charge in [-0.25, -0.2) is 4.79 Å². The summed E-state index contributed by atoms with van der Waals surface area (Å²) >= 11 is 0. The van der Waals surface area contributed by atoms with Gasteiger partial charge >= 0.3 is 6.03 Å².